The molecule has 158 valence electrons. The molecule has 6 nitrogen and oxygen atoms in total. The number of halogens is 1. The summed E-state index contributed by atoms with van der Waals surface area (Å²) in [4.78, 5) is 20.8. The van der Waals surface area contributed by atoms with Crippen molar-refractivity contribution in [2.75, 3.05) is 14.2 Å². The third-order valence-electron chi connectivity index (χ3n) is 4.83. The van der Waals surface area contributed by atoms with Gasteiger partial charge in [0.2, 0.25) is 5.75 Å². The molecule has 31 heavy (non-hydrogen) atoms. The summed E-state index contributed by atoms with van der Waals surface area (Å²) >= 11 is 7.86. The lowest BCUT2D eigenvalue weighted by Crippen LogP contribution is -2.10. The predicted octanol–water partition coefficient (Wildman–Crippen LogP) is 5.42. The lowest BCUT2D eigenvalue weighted by atomic mass is 10.1. The van der Waals surface area contributed by atoms with E-state index < -0.39 is 0 Å². The second-order valence-corrected chi connectivity index (χ2v) is 8.14. The van der Waals surface area contributed by atoms with Crippen molar-refractivity contribution in [1.29, 1.82) is 0 Å². The Balaban J connectivity index is 1.77. The van der Waals surface area contributed by atoms with E-state index in [9.17, 15) is 9.90 Å². The number of methoxy groups -OCH3 is 2. The summed E-state index contributed by atoms with van der Waals surface area (Å²) in [5, 5.41) is 12.8. The summed E-state index contributed by atoms with van der Waals surface area (Å²) in [6.07, 6.45) is 1.62. The van der Waals surface area contributed by atoms with Crippen molar-refractivity contribution >= 4 is 44.3 Å². The van der Waals surface area contributed by atoms with Gasteiger partial charge in [-0.15, -0.1) is 11.3 Å². The van der Waals surface area contributed by atoms with Crippen LogP contribution in [-0.2, 0) is 0 Å². The van der Waals surface area contributed by atoms with Gasteiger partial charge in [-0.05, 0) is 36.3 Å². The Labute approximate surface area is 187 Å². The molecule has 2 aromatic carbocycles. The van der Waals surface area contributed by atoms with Crippen molar-refractivity contribution in [3.05, 3.63) is 69.1 Å². The fraction of sp³-hybridized carbons (Fsp3) is 0.130. The van der Waals surface area contributed by atoms with E-state index in [1.54, 1.807) is 18.2 Å². The summed E-state index contributed by atoms with van der Waals surface area (Å²) in [5.41, 5.74) is 3.31. The van der Waals surface area contributed by atoms with Gasteiger partial charge < -0.3 is 19.6 Å². The number of H-pyrrole nitrogens is 1. The number of phenols is 1. The van der Waals surface area contributed by atoms with E-state index in [0.717, 1.165) is 16.7 Å². The van der Waals surface area contributed by atoms with E-state index in [0.29, 0.717) is 15.8 Å². The lowest BCUT2D eigenvalue weighted by molar-refractivity contribution is 0.340. The van der Waals surface area contributed by atoms with Gasteiger partial charge in [0, 0.05) is 10.9 Å². The van der Waals surface area contributed by atoms with Crippen LogP contribution in [0, 0.1) is 6.92 Å². The molecule has 2 N–H and O–H groups in total. The average Bonchev–Trinajstić information content (AvgIpc) is 3.20. The van der Waals surface area contributed by atoms with Crippen LogP contribution in [-0.4, -0.2) is 29.3 Å². The normalized spacial score (nSPS) is 11.7. The maximum atomic E-state index is 12.9. The van der Waals surface area contributed by atoms with Gasteiger partial charge in [0.05, 0.1) is 24.6 Å². The molecular formula is C23H19ClN2O4S. The number of rotatable bonds is 5. The number of benzene rings is 2. The van der Waals surface area contributed by atoms with Gasteiger partial charge in [0.25, 0.3) is 5.56 Å². The molecule has 0 fully saturated rings. The van der Waals surface area contributed by atoms with Gasteiger partial charge in [-0.2, -0.15) is 0 Å². The van der Waals surface area contributed by atoms with Crippen molar-refractivity contribution in [2.24, 2.45) is 0 Å². The Morgan fingerprint density at radius 1 is 1.16 bits per heavy atom. The number of nitrogens with zero attached hydrogens (tertiary/aromatic N) is 1. The van der Waals surface area contributed by atoms with Crippen molar-refractivity contribution in [3.8, 4) is 28.4 Å². The summed E-state index contributed by atoms with van der Waals surface area (Å²) in [6, 6.07) is 11.2. The van der Waals surface area contributed by atoms with Crippen molar-refractivity contribution in [3.63, 3.8) is 0 Å². The zero-order valence-electron chi connectivity index (χ0n) is 17.0. The van der Waals surface area contributed by atoms with Gasteiger partial charge in [-0.3, -0.25) is 4.79 Å². The molecule has 8 heteroatoms. The number of hydrogen-bond acceptors (Lipinski definition) is 6. The summed E-state index contributed by atoms with van der Waals surface area (Å²) in [6.45, 7) is 2.02. The topological polar surface area (TPSA) is 84.4 Å². The van der Waals surface area contributed by atoms with Gasteiger partial charge in [0.15, 0.2) is 17.3 Å². The Morgan fingerprint density at radius 3 is 2.42 bits per heavy atom. The van der Waals surface area contributed by atoms with Crippen LogP contribution >= 0.6 is 22.9 Å². The fourth-order valence-electron chi connectivity index (χ4n) is 3.22. The molecule has 4 rings (SSSR count). The monoisotopic (exact) mass is 454 g/mol. The van der Waals surface area contributed by atoms with E-state index in [2.05, 4.69) is 9.97 Å². The van der Waals surface area contributed by atoms with Gasteiger partial charge in [-0.1, -0.05) is 41.4 Å². The Morgan fingerprint density at radius 2 is 1.81 bits per heavy atom. The lowest BCUT2D eigenvalue weighted by Gasteiger charge is -2.09. The van der Waals surface area contributed by atoms with Gasteiger partial charge >= 0.3 is 0 Å². The van der Waals surface area contributed by atoms with Crippen LogP contribution in [0.2, 0.25) is 0 Å². The maximum Gasteiger partial charge on any atom is 0.260 e. The van der Waals surface area contributed by atoms with Crippen LogP contribution in [0.3, 0.4) is 0 Å². The van der Waals surface area contributed by atoms with Crippen LogP contribution in [0.25, 0.3) is 32.5 Å². The van der Waals surface area contributed by atoms with Crippen LogP contribution in [0.5, 0.6) is 17.2 Å². The average molecular weight is 455 g/mol. The molecule has 0 aliphatic carbocycles. The van der Waals surface area contributed by atoms with Gasteiger partial charge in [-0.25, -0.2) is 4.98 Å². The number of aromatic hydroxyl groups is 1. The zero-order valence-corrected chi connectivity index (χ0v) is 18.6. The molecule has 2 heterocycles. The molecule has 0 aliphatic rings. The molecule has 0 atom stereocenters. The summed E-state index contributed by atoms with van der Waals surface area (Å²) < 4.78 is 10.3. The molecular weight excluding hydrogens is 436 g/mol. The highest BCUT2D eigenvalue weighted by atomic mass is 35.5. The highest BCUT2D eigenvalue weighted by molar-refractivity contribution is 7.17. The Bertz CT molecular complexity index is 1330. The quantitative estimate of drug-likeness (QED) is 0.420. The first-order valence-corrected chi connectivity index (χ1v) is 10.6. The van der Waals surface area contributed by atoms with Crippen LogP contribution in [0.15, 0.2) is 46.6 Å². The maximum absolute atomic E-state index is 12.9. The number of aryl methyl sites for hydroxylation is 1. The molecule has 0 saturated carbocycles. The molecule has 0 saturated heterocycles. The van der Waals surface area contributed by atoms with Gasteiger partial charge in [0.1, 0.15) is 4.83 Å². The molecule has 0 unspecified atom stereocenters. The summed E-state index contributed by atoms with van der Waals surface area (Å²) in [7, 11) is 2.89. The number of aromatic nitrogens is 2. The second-order valence-electron chi connectivity index (χ2n) is 6.88. The number of nitrogens with one attached hydrogen (secondary N) is 1. The number of thiophene rings is 1. The molecule has 0 spiro atoms. The summed E-state index contributed by atoms with van der Waals surface area (Å²) in [5.74, 6) is 0.636. The number of phenolic OH excluding ortho intramolecular Hbond substituents is 1. The highest BCUT2D eigenvalue weighted by Gasteiger charge is 2.15. The Kier molecular flexibility index (Phi) is 5.71. The first-order chi connectivity index (χ1) is 14.9. The molecule has 0 amide bonds. The minimum atomic E-state index is -0.260. The molecule has 0 radical (unpaired) electrons. The smallest absolute Gasteiger partial charge is 0.260 e. The number of hydrogen-bond donors (Lipinski definition) is 2. The largest absolute Gasteiger partial charge is 0.502 e. The fourth-order valence-corrected chi connectivity index (χ4v) is 4.38. The van der Waals surface area contributed by atoms with Crippen LogP contribution in [0.4, 0.5) is 0 Å². The van der Waals surface area contributed by atoms with E-state index in [-0.39, 0.29) is 33.7 Å². The number of fused-ring (bicyclic) bond motifs is 1. The standard InChI is InChI=1S/C23H19ClN2O4S/c1-12-4-6-14(7-5-12)15-11-31-23-19(15)22(28)25-21(26-23)16(24)8-13-9-17(29-2)20(27)18(10-13)30-3/h4-11,27H,1-3H3,(H,25,26,28)/b16-8-. The Hall–Kier alpha value is -3.29. The highest BCUT2D eigenvalue weighted by Crippen LogP contribution is 2.38. The number of aromatic amines is 1. The first kappa shape index (κ1) is 21.0. The zero-order chi connectivity index (χ0) is 22.1. The third kappa shape index (κ3) is 4.02. The minimum absolute atomic E-state index is 0.103. The minimum Gasteiger partial charge on any atom is -0.502 e. The molecule has 0 aliphatic heterocycles. The molecule has 2 aromatic heterocycles. The predicted molar refractivity (Wildman–Crippen MR) is 125 cm³/mol. The molecule has 0 bridgehead atoms. The number of ether oxygens (including phenoxy) is 2. The second kappa shape index (κ2) is 8.45. The van der Waals surface area contributed by atoms with Crippen LogP contribution < -0.4 is 15.0 Å². The van der Waals surface area contributed by atoms with Crippen molar-refractivity contribution in [2.45, 2.75) is 6.92 Å². The van der Waals surface area contributed by atoms with Crippen LogP contribution in [0.1, 0.15) is 17.0 Å². The molecule has 4 aromatic rings. The third-order valence-corrected chi connectivity index (χ3v) is 5.99. The van der Waals surface area contributed by atoms with Crippen molar-refractivity contribution in [1.82, 2.24) is 9.97 Å². The van der Waals surface area contributed by atoms with E-state index in [4.69, 9.17) is 21.1 Å². The SMILES string of the molecule is COc1cc(/C=C(\Cl)c2nc3scc(-c4ccc(C)cc4)c3c(=O)[nH]2)cc(OC)c1O. The van der Waals surface area contributed by atoms with Crippen molar-refractivity contribution < 1.29 is 14.6 Å². The van der Waals surface area contributed by atoms with E-state index in [1.807, 2.05) is 36.6 Å². The van der Waals surface area contributed by atoms with E-state index >= 15 is 0 Å². The van der Waals surface area contributed by atoms with E-state index in [1.165, 1.54) is 25.6 Å². The first-order valence-electron chi connectivity index (χ1n) is 9.32.